The van der Waals surface area contributed by atoms with Gasteiger partial charge in [-0.2, -0.15) is 0 Å². The van der Waals surface area contributed by atoms with E-state index in [0.29, 0.717) is 25.3 Å². The van der Waals surface area contributed by atoms with Crippen LogP contribution in [0.2, 0.25) is 0 Å². The molecule has 1 aromatic heterocycles. The number of halogens is 1. The molecule has 6 nitrogen and oxygen atoms in total. The van der Waals surface area contributed by atoms with Gasteiger partial charge in [0.1, 0.15) is 11.6 Å². The highest BCUT2D eigenvalue weighted by Gasteiger charge is 2.33. The molecule has 1 N–H and O–H groups in total. The number of aromatic nitrogens is 1. The lowest BCUT2D eigenvalue weighted by Gasteiger charge is -2.28. The minimum absolute atomic E-state index is 0.0130. The fraction of sp³-hybridized carbons (Fsp3) is 0.586. The second-order valence-corrected chi connectivity index (χ2v) is 10.3. The number of nitrogens with one attached hydrogen (secondary N) is 1. The zero-order valence-electron chi connectivity index (χ0n) is 21.9. The second-order valence-electron chi connectivity index (χ2n) is 10.3. The molecule has 0 aliphatic carbocycles. The van der Waals surface area contributed by atoms with Crippen LogP contribution in [-0.4, -0.2) is 54.1 Å². The molecule has 0 saturated carbocycles. The van der Waals surface area contributed by atoms with E-state index in [4.69, 9.17) is 14.5 Å². The highest BCUT2D eigenvalue weighted by atomic mass is 19.1. The smallest absolute Gasteiger partial charge is 0.151 e. The topological polar surface area (TPSA) is 63.7 Å². The van der Waals surface area contributed by atoms with Crippen LogP contribution in [0.15, 0.2) is 30.3 Å². The molecule has 1 fully saturated rings. The number of likely N-dealkylation sites (tertiary alicyclic amines) is 1. The number of ketones is 1. The molecule has 1 aromatic carbocycles. The van der Waals surface area contributed by atoms with E-state index in [1.165, 1.54) is 24.1 Å². The van der Waals surface area contributed by atoms with Gasteiger partial charge in [-0.1, -0.05) is 12.1 Å². The number of fused-ring (bicyclic) bond motifs is 1. The number of pyridine rings is 1. The Morgan fingerprint density at radius 3 is 2.92 bits per heavy atom. The lowest BCUT2D eigenvalue weighted by Crippen LogP contribution is -2.33. The third-order valence-electron chi connectivity index (χ3n) is 7.03. The first kappa shape index (κ1) is 26.7. The van der Waals surface area contributed by atoms with E-state index in [2.05, 4.69) is 22.3 Å². The Hall–Kier alpha value is -2.35. The average Bonchev–Trinajstić information content (AvgIpc) is 3.31. The number of aryl methyl sites for hydroxylation is 2. The van der Waals surface area contributed by atoms with Crippen molar-refractivity contribution in [2.24, 2.45) is 0 Å². The number of hydrogen-bond acceptors (Lipinski definition) is 6. The molecule has 0 radical (unpaired) electrons. The van der Waals surface area contributed by atoms with E-state index in [0.717, 1.165) is 62.3 Å². The van der Waals surface area contributed by atoms with Crippen LogP contribution in [0.3, 0.4) is 0 Å². The van der Waals surface area contributed by atoms with E-state index in [9.17, 15) is 9.18 Å². The molecule has 7 heteroatoms. The summed E-state index contributed by atoms with van der Waals surface area (Å²) in [5, 5.41) is 3.40. The molecule has 2 aliphatic heterocycles. The summed E-state index contributed by atoms with van der Waals surface area (Å²) in [4.78, 5) is 19.6. The van der Waals surface area contributed by atoms with Crippen molar-refractivity contribution in [3.8, 4) is 0 Å². The van der Waals surface area contributed by atoms with Crippen LogP contribution in [0.25, 0.3) is 0 Å². The lowest BCUT2D eigenvalue weighted by molar-refractivity contribution is -0.122. The number of hydrogen-bond donors (Lipinski definition) is 1. The maximum absolute atomic E-state index is 14.2. The molecule has 2 aromatic rings. The van der Waals surface area contributed by atoms with Crippen molar-refractivity contribution in [1.29, 1.82) is 0 Å². The van der Waals surface area contributed by atoms with Gasteiger partial charge < -0.3 is 14.8 Å². The zero-order chi connectivity index (χ0) is 25.5. The standard InChI is InChI=1S/C29H40FN3O3/c1-20(2)36-19-23-9-11-24(30)17-27(23)28(21(3)34)33-15-13-26(18-33)35-16-5-4-8-25-12-10-22-7-6-14-31-29(22)32-25/h9-12,17,20,26,28H,4-8,13-16,18-19H2,1-3H3,(H,31,32)/t26-,28+/m1/s1. The molecule has 4 rings (SSSR count). The molecule has 2 atom stereocenters. The highest BCUT2D eigenvalue weighted by Crippen LogP contribution is 2.31. The number of anilines is 1. The number of carbonyl (C=O) groups is 1. The summed E-state index contributed by atoms with van der Waals surface area (Å²) in [6, 6.07) is 8.54. The SMILES string of the molecule is CC(=O)[C@@H](c1cc(F)ccc1COC(C)C)N1CC[C@@H](OCCCCc2ccc3c(n2)NCCC3)C1. The number of nitrogens with zero attached hydrogens (tertiary/aromatic N) is 2. The van der Waals surface area contributed by atoms with Gasteiger partial charge in [-0.25, -0.2) is 9.37 Å². The lowest BCUT2D eigenvalue weighted by atomic mass is 9.96. The van der Waals surface area contributed by atoms with Crippen molar-refractivity contribution < 1.29 is 18.7 Å². The minimum atomic E-state index is -0.483. The minimum Gasteiger partial charge on any atom is -0.377 e. The second kappa shape index (κ2) is 12.7. The first-order valence-corrected chi connectivity index (χ1v) is 13.4. The summed E-state index contributed by atoms with van der Waals surface area (Å²) in [7, 11) is 0. The van der Waals surface area contributed by atoms with E-state index < -0.39 is 6.04 Å². The van der Waals surface area contributed by atoms with Crippen LogP contribution < -0.4 is 5.32 Å². The summed E-state index contributed by atoms with van der Waals surface area (Å²) >= 11 is 0. The summed E-state index contributed by atoms with van der Waals surface area (Å²) in [6.07, 6.45) is 6.24. The van der Waals surface area contributed by atoms with Crippen LogP contribution in [0, 0.1) is 5.82 Å². The van der Waals surface area contributed by atoms with Gasteiger partial charge in [0.15, 0.2) is 5.78 Å². The van der Waals surface area contributed by atoms with Gasteiger partial charge in [0.25, 0.3) is 0 Å². The zero-order valence-corrected chi connectivity index (χ0v) is 21.9. The Labute approximate surface area is 214 Å². The van der Waals surface area contributed by atoms with Gasteiger partial charge in [-0.15, -0.1) is 0 Å². The Morgan fingerprint density at radius 1 is 1.25 bits per heavy atom. The van der Waals surface area contributed by atoms with Crippen LogP contribution in [0.4, 0.5) is 10.2 Å². The molecular formula is C29H40FN3O3. The quantitative estimate of drug-likeness (QED) is 0.404. The summed E-state index contributed by atoms with van der Waals surface area (Å²) in [5.41, 5.74) is 4.02. The number of unbranched alkanes of at least 4 members (excludes halogenated alkanes) is 1. The van der Waals surface area contributed by atoms with Gasteiger partial charge in [-0.05, 0) is 94.2 Å². The Balaban J connectivity index is 1.27. The van der Waals surface area contributed by atoms with Crippen molar-refractivity contribution in [2.75, 3.05) is 31.6 Å². The summed E-state index contributed by atoms with van der Waals surface area (Å²) in [5.74, 6) is 0.734. The predicted octanol–water partition coefficient (Wildman–Crippen LogP) is 5.25. The number of Topliss-reactive ketones (excluding diaryl/α,β-unsaturated/α-hetero) is 1. The number of carbonyl (C=O) groups excluding carboxylic acids is 1. The number of benzene rings is 1. The largest absolute Gasteiger partial charge is 0.377 e. The Morgan fingerprint density at radius 2 is 2.11 bits per heavy atom. The fourth-order valence-corrected chi connectivity index (χ4v) is 5.17. The van der Waals surface area contributed by atoms with Gasteiger partial charge in [0, 0.05) is 31.9 Å². The molecule has 3 heterocycles. The van der Waals surface area contributed by atoms with Crippen LogP contribution >= 0.6 is 0 Å². The first-order valence-electron chi connectivity index (χ1n) is 13.4. The van der Waals surface area contributed by atoms with E-state index in [-0.39, 0.29) is 23.8 Å². The van der Waals surface area contributed by atoms with Crippen molar-refractivity contribution >= 4 is 11.6 Å². The summed E-state index contributed by atoms with van der Waals surface area (Å²) < 4.78 is 26.1. The molecule has 36 heavy (non-hydrogen) atoms. The van der Waals surface area contributed by atoms with Gasteiger partial charge in [0.05, 0.1) is 24.9 Å². The molecular weight excluding hydrogens is 457 g/mol. The van der Waals surface area contributed by atoms with Crippen molar-refractivity contribution in [1.82, 2.24) is 9.88 Å². The number of ether oxygens (including phenoxy) is 2. The maximum atomic E-state index is 14.2. The van der Waals surface area contributed by atoms with Crippen LogP contribution in [-0.2, 0) is 33.7 Å². The Kier molecular flexibility index (Phi) is 9.46. The monoisotopic (exact) mass is 497 g/mol. The molecule has 0 unspecified atom stereocenters. The first-order chi connectivity index (χ1) is 17.4. The molecule has 196 valence electrons. The van der Waals surface area contributed by atoms with Gasteiger partial charge in [-0.3, -0.25) is 9.69 Å². The van der Waals surface area contributed by atoms with Crippen LogP contribution in [0.5, 0.6) is 0 Å². The predicted molar refractivity (Wildman–Crippen MR) is 140 cm³/mol. The average molecular weight is 498 g/mol. The summed E-state index contributed by atoms with van der Waals surface area (Å²) in [6.45, 7) is 9.00. The molecule has 1 saturated heterocycles. The molecule has 0 spiro atoms. The van der Waals surface area contributed by atoms with Crippen molar-refractivity contribution in [3.05, 3.63) is 58.5 Å². The van der Waals surface area contributed by atoms with Gasteiger partial charge >= 0.3 is 0 Å². The molecule has 0 amide bonds. The van der Waals surface area contributed by atoms with E-state index in [1.807, 2.05) is 13.8 Å². The maximum Gasteiger partial charge on any atom is 0.151 e. The Bertz CT molecular complexity index is 1030. The van der Waals surface area contributed by atoms with E-state index in [1.54, 1.807) is 13.0 Å². The number of rotatable bonds is 12. The molecule has 0 bridgehead atoms. The normalized spacial score (nSPS) is 18.8. The molecule has 2 aliphatic rings. The van der Waals surface area contributed by atoms with Crippen molar-refractivity contribution in [3.63, 3.8) is 0 Å². The fourth-order valence-electron chi connectivity index (χ4n) is 5.17. The third-order valence-corrected chi connectivity index (χ3v) is 7.03. The van der Waals surface area contributed by atoms with Gasteiger partial charge in [0.2, 0.25) is 0 Å². The van der Waals surface area contributed by atoms with E-state index >= 15 is 0 Å². The van der Waals surface area contributed by atoms with Crippen LogP contribution in [0.1, 0.15) is 74.9 Å². The highest BCUT2D eigenvalue weighted by molar-refractivity contribution is 5.83. The van der Waals surface area contributed by atoms with Crippen molar-refractivity contribution in [2.45, 2.75) is 84.2 Å². The third kappa shape index (κ3) is 7.11.